The smallest absolute Gasteiger partial charge is 0.159 e. The number of anilines is 1. The van der Waals surface area contributed by atoms with Crippen LogP contribution in [-0.4, -0.2) is 22.6 Å². The van der Waals surface area contributed by atoms with Crippen LogP contribution in [0.15, 0.2) is 0 Å². The topological polar surface area (TPSA) is 47.0 Å². The van der Waals surface area contributed by atoms with E-state index in [4.69, 9.17) is 9.72 Å². The van der Waals surface area contributed by atoms with Gasteiger partial charge in [-0.2, -0.15) is 0 Å². The van der Waals surface area contributed by atoms with E-state index in [0.717, 1.165) is 53.1 Å². The number of nitrogens with zero attached hydrogens (tertiary/aromatic N) is 2. The number of aromatic nitrogens is 2. The van der Waals surface area contributed by atoms with Gasteiger partial charge in [-0.15, -0.1) is 0 Å². The highest BCUT2D eigenvalue weighted by atomic mass is 127. The predicted molar refractivity (Wildman–Crippen MR) is 85.4 cm³/mol. The fourth-order valence-corrected chi connectivity index (χ4v) is 3.04. The van der Waals surface area contributed by atoms with Crippen molar-refractivity contribution in [2.24, 2.45) is 0 Å². The number of ether oxygens (including phenoxy) is 1. The summed E-state index contributed by atoms with van der Waals surface area (Å²) in [4.78, 5) is 9.40. The SMILES string of the molecule is CCCc1nc(C2CCC(C)O2)nc(NCC)c1I. The second kappa shape index (κ2) is 6.83. The molecule has 2 atom stereocenters. The molecule has 0 saturated carbocycles. The van der Waals surface area contributed by atoms with Gasteiger partial charge >= 0.3 is 0 Å². The molecule has 1 aromatic heterocycles. The van der Waals surface area contributed by atoms with Crippen molar-refractivity contribution in [3.8, 4) is 0 Å². The van der Waals surface area contributed by atoms with Crippen LogP contribution < -0.4 is 5.32 Å². The third-order valence-electron chi connectivity index (χ3n) is 3.29. The molecular formula is C14H22IN3O. The molecule has 1 saturated heterocycles. The van der Waals surface area contributed by atoms with Gasteiger partial charge in [0, 0.05) is 6.54 Å². The van der Waals surface area contributed by atoms with Crippen molar-refractivity contribution in [3.05, 3.63) is 15.1 Å². The molecule has 106 valence electrons. The summed E-state index contributed by atoms with van der Waals surface area (Å²) < 4.78 is 7.05. The molecule has 2 heterocycles. The number of aryl methyl sites for hydroxylation is 1. The number of hydrogen-bond acceptors (Lipinski definition) is 4. The summed E-state index contributed by atoms with van der Waals surface area (Å²) in [5.74, 6) is 1.81. The predicted octanol–water partition coefficient (Wildman–Crippen LogP) is 3.71. The van der Waals surface area contributed by atoms with Gasteiger partial charge in [0.25, 0.3) is 0 Å². The van der Waals surface area contributed by atoms with Crippen molar-refractivity contribution in [2.45, 2.75) is 58.7 Å². The minimum absolute atomic E-state index is 0.0695. The quantitative estimate of drug-likeness (QED) is 0.798. The van der Waals surface area contributed by atoms with E-state index in [-0.39, 0.29) is 6.10 Å². The van der Waals surface area contributed by atoms with Gasteiger partial charge in [0.05, 0.1) is 15.4 Å². The van der Waals surface area contributed by atoms with Gasteiger partial charge in [0.1, 0.15) is 11.9 Å². The Labute approximate surface area is 128 Å². The zero-order valence-corrected chi connectivity index (χ0v) is 14.0. The zero-order chi connectivity index (χ0) is 13.8. The molecule has 1 aliphatic heterocycles. The Morgan fingerprint density at radius 2 is 2.11 bits per heavy atom. The summed E-state index contributed by atoms with van der Waals surface area (Å²) in [6, 6.07) is 0. The standard InChI is InChI=1S/C14H22IN3O/c1-4-6-10-12(15)14(16-5-2)18-13(17-10)11-8-7-9(3)19-11/h9,11H,4-8H2,1-3H3,(H,16,17,18). The maximum Gasteiger partial charge on any atom is 0.159 e. The first-order chi connectivity index (χ1) is 9.15. The van der Waals surface area contributed by atoms with Crippen LogP contribution in [0.4, 0.5) is 5.82 Å². The largest absolute Gasteiger partial charge is 0.369 e. The third kappa shape index (κ3) is 3.56. The monoisotopic (exact) mass is 375 g/mol. The minimum atomic E-state index is 0.0695. The van der Waals surface area contributed by atoms with Gasteiger partial charge in [0.2, 0.25) is 0 Å². The number of rotatable bonds is 5. The first-order valence-electron chi connectivity index (χ1n) is 7.11. The van der Waals surface area contributed by atoms with Crippen molar-refractivity contribution >= 4 is 28.4 Å². The Balaban J connectivity index is 2.32. The third-order valence-corrected chi connectivity index (χ3v) is 4.42. The van der Waals surface area contributed by atoms with Crippen LogP contribution >= 0.6 is 22.6 Å². The van der Waals surface area contributed by atoms with E-state index in [1.807, 2.05) is 0 Å². The Morgan fingerprint density at radius 3 is 2.68 bits per heavy atom. The lowest BCUT2D eigenvalue weighted by Gasteiger charge is -2.15. The molecule has 5 heteroatoms. The van der Waals surface area contributed by atoms with Crippen LogP contribution in [0.2, 0.25) is 0 Å². The van der Waals surface area contributed by atoms with E-state index >= 15 is 0 Å². The summed E-state index contributed by atoms with van der Waals surface area (Å²) in [5.41, 5.74) is 1.15. The molecule has 2 rings (SSSR count). The Bertz CT molecular complexity index is 412. The molecule has 0 aliphatic carbocycles. The normalized spacial score (nSPS) is 22.7. The molecular weight excluding hydrogens is 353 g/mol. The van der Waals surface area contributed by atoms with Gasteiger partial charge in [-0.05, 0) is 55.7 Å². The van der Waals surface area contributed by atoms with Gasteiger partial charge in [-0.25, -0.2) is 9.97 Å². The van der Waals surface area contributed by atoms with Gasteiger partial charge in [-0.1, -0.05) is 13.3 Å². The molecule has 4 nitrogen and oxygen atoms in total. The van der Waals surface area contributed by atoms with Crippen LogP contribution in [-0.2, 0) is 11.2 Å². The van der Waals surface area contributed by atoms with E-state index in [2.05, 4.69) is 53.7 Å². The summed E-state index contributed by atoms with van der Waals surface area (Å²) in [6.07, 6.45) is 4.61. The average Bonchev–Trinajstić information content (AvgIpc) is 2.81. The van der Waals surface area contributed by atoms with Crippen molar-refractivity contribution in [2.75, 3.05) is 11.9 Å². The molecule has 0 aromatic carbocycles. The number of nitrogens with one attached hydrogen (secondary N) is 1. The molecule has 1 aromatic rings. The molecule has 1 fully saturated rings. The van der Waals surface area contributed by atoms with Crippen LogP contribution in [0.5, 0.6) is 0 Å². The first kappa shape index (κ1) is 15.0. The van der Waals surface area contributed by atoms with Crippen LogP contribution in [0, 0.1) is 3.57 Å². The Morgan fingerprint density at radius 1 is 1.32 bits per heavy atom. The number of hydrogen-bond donors (Lipinski definition) is 1. The second-order valence-electron chi connectivity index (χ2n) is 4.98. The van der Waals surface area contributed by atoms with Crippen molar-refractivity contribution < 1.29 is 4.74 Å². The fraction of sp³-hybridized carbons (Fsp3) is 0.714. The maximum absolute atomic E-state index is 5.90. The highest BCUT2D eigenvalue weighted by Gasteiger charge is 2.27. The Kier molecular flexibility index (Phi) is 5.38. The molecule has 1 aliphatic rings. The van der Waals surface area contributed by atoms with Crippen molar-refractivity contribution in [1.82, 2.24) is 9.97 Å². The lowest BCUT2D eigenvalue weighted by atomic mass is 10.2. The highest BCUT2D eigenvalue weighted by Crippen LogP contribution is 2.32. The summed E-state index contributed by atoms with van der Waals surface area (Å²) in [7, 11) is 0. The van der Waals surface area contributed by atoms with Gasteiger partial charge in [-0.3, -0.25) is 0 Å². The van der Waals surface area contributed by atoms with Crippen LogP contribution in [0.3, 0.4) is 0 Å². The maximum atomic E-state index is 5.90. The van der Waals surface area contributed by atoms with Crippen molar-refractivity contribution in [3.63, 3.8) is 0 Å². The fourth-order valence-electron chi connectivity index (χ4n) is 2.34. The Hall–Kier alpha value is -0.430. The average molecular weight is 375 g/mol. The summed E-state index contributed by atoms with van der Waals surface area (Å²) >= 11 is 2.34. The van der Waals surface area contributed by atoms with E-state index in [9.17, 15) is 0 Å². The molecule has 19 heavy (non-hydrogen) atoms. The molecule has 0 spiro atoms. The van der Waals surface area contributed by atoms with E-state index in [1.54, 1.807) is 0 Å². The van der Waals surface area contributed by atoms with Crippen LogP contribution in [0.25, 0.3) is 0 Å². The molecule has 0 amide bonds. The van der Waals surface area contributed by atoms with E-state index in [1.165, 1.54) is 0 Å². The van der Waals surface area contributed by atoms with Crippen LogP contribution in [0.1, 0.15) is 57.7 Å². The lowest BCUT2D eigenvalue weighted by Crippen LogP contribution is -2.13. The van der Waals surface area contributed by atoms with Gasteiger partial charge < -0.3 is 10.1 Å². The molecule has 0 bridgehead atoms. The minimum Gasteiger partial charge on any atom is -0.369 e. The number of halogens is 1. The van der Waals surface area contributed by atoms with Gasteiger partial charge in [0.15, 0.2) is 5.82 Å². The molecule has 0 radical (unpaired) electrons. The molecule has 1 N–H and O–H groups in total. The highest BCUT2D eigenvalue weighted by molar-refractivity contribution is 14.1. The van der Waals surface area contributed by atoms with Crippen molar-refractivity contribution in [1.29, 1.82) is 0 Å². The van der Waals surface area contributed by atoms with E-state index < -0.39 is 0 Å². The first-order valence-corrected chi connectivity index (χ1v) is 8.19. The zero-order valence-electron chi connectivity index (χ0n) is 11.9. The molecule has 2 unspecified atom stereocenters. The summed E-state index contributed by atoms with van der Waals surface area (Å²) in [6.45, 7) is 7.26. The summed E-state index contributed by atoms with van der Waals surface area (Å²) in [5, 5.41) is 3.34. The lowest BCUT2D eigenvalue weighted by molar-refractivity contribution is 0.0502. The second-order valence-corrected chi connectivity index (χ2v) is 6.06. The van der Waals surface area contributed by atoms with E-state index in [0.29, 0.717) is 6.10 Å².